The van der Waals surface area contributed by atoms with Crippen LogP contribution in [0, 0.1) is 0 Å². The number of benzene rings is 1. The van der Waals surface area contributed by atoms with Crippen LogP contribution in [-0.2, 0) is 4.79 Å². The SMILES string of the molecule is C=CCCCOc1cc(C(=O)NCC(F)(F)F)ccc1N(N)/C=C(\N)C(=O)NC1CC1. The molecule has 8 nitrogen and oxygen atoms in total. The standard InChI is InChI=1S/C20H26F3N5O3/c1-2-3-4-9-31-17-10-13(18(29)26-12-20(21,22)23)5-8-16(17)28(25)11-15(24)19(30)27-14-6-7-14/h2,5,8,10-11,14H,1,3-4,6-7,9,12,24-25H2,(H,26,29)(H,27,30)/b15-11-. The molecule has 6 N–H and O–H groups in total. The Morgan fingerprint density at radius 2 is 2.03 bits per heavy atom. The Bertz CT molecular complexity index is 838. The molecule has 1 saturated carbocycles. The number of ether oxygens (including phenoxy) is 1. The Labute approximate surface area is 178 Å². The first-order valence-electron chi connectivity index (χ1n) is 9.65. The lowest BCUT2D eigenvalue weighted by molar-refractivity contribution is -0.123. The number of carbonyl (C=O) groups is 2. The number of amides is 2. The Balaban J connectivity index is 2.19. The van der Waals surface area contributed by atoms with Crippen LogP contribution in [-0.4, -0.2) is 37.2 Å². The number of unbranched alkanes of at least 4 members (excludes halogenated alkanes) is 1. The summed E-state index contributed by atoms with van der Waals surface area (Å²) >= 11 is 0. The zero-order chi connectivity index (χ0) is 23.0. The number of rotatable bonds is 11. The summed E-state index contributed by atoms with van der Waals surface area (Å²) in [6.07, 6.45) is 1.48. The number of hydrogen-bond acceptors (Lipinski definition) is 6. The maximum atomic E-state index is 12.4. The van der Waals surface area contributed by atoms with Gasteiger partial charge in [0.15, 0.2) is 0 Å². The fourth-order valence-corrected chi connectivity index (χ4v) is 2.45. The third-order valence-corrected chi connectivity index (χ3v) is 4.21. The van der Waals surface area contributed by atoms with Gasteiger partial charge in [-0.3, -0.25) is 14.6 Å². The molecule has 0 bridgehead atoms. The van der Waals surface area contributed by atoms with Crippen molar-refractivity contribution in [2.75, 3.05) is 18.2 Å². The molecule has 0 saturated heterocycles. The van der Waals surface area contributed by atoms with Gasteiger partial charge in [-0.1, -0.05) is 6.08 Å². The highest BCUT2D eigenvalue weighted by molar-refractivity contribution is 5.95. The quantitative estimate of drug-likeness (QED) is 0.137. The number of alkyl halides is 3. The van der Waals surface area contributed by atoms with Gasteiger partial charge in [0.05, 0.1) is 18.5 Å². The molecule has 170 valence electrons. The van der Waals surface area contributed by atoms with Crippen LogP contribution in [0.5, 0.6) is 5.75 Å². The zero-order valence-electron chi connectivity index (χ0n) is 16.9. The molecule has 0 radical (unpaired) electrons. The zero-order valence-corrected chi connectivity index (χ0v) is 16.9. The van der Waals surface area contributed by atoms with Gasteiger partial charge in [-0.2, -0.15) is 13.2 Å². The second-order valence-corrected chi connectivity index (χ2v) is 7.00. The van der Waals surface area contributed by atoms with Gasteiger partial charge in [0, 0.05) is 11.6 Å². The average molecular weight is 441 g/mol. The van der Waals surface area contributed by atoms with Gasteiger partial charge < -0.3 is 21.1 Å². The first-order valence-corrected chi connectivity index (χ1v) is 9.65. The van der Waals surface area contributed by atoms with Crippen molar-refractivity contribution in [1.29, 1.82) is 0 Å². The molecule has 0 aliphatic heterocycles. The summed E-state index contributed by atoms with van der Waals surface area (Å²) in [7, 11) is 0. The van der Waals surface area contributed by atoms with Gasteiger partial charge in [0.1, 0.15) is 18.0 Å². The number of hydrazine groups is 1. The Kier molecular flexibility index (Phi) is 8.31. The van der Waals surface area contributed by atoms with E-state index in [9.17, 15) is 22.8 Å². The minimum atomic E-state index is -4.53. The van der Waals surface area contributed by atoms with Gasteiger partial charge in [0.25, 0.3) is 11.8 Å². The highest BCUT2D eigenvalue weighted by atomic mass is 19.4. The van der Waals surface area contributed by atoms with E-state index in [1.807, 2.05) is 0 Å². The number of halogens is 3. The largest absolute Gasteiger partial charge is 0.491 e. The third-order valence-electron chi connectivity index (χ3n) is 4.21. The topological polar surface area (TPSA) is 123 Å². The van der Waals surface area contributed by atoms with Crippen LogP contribution in [0.15, 0.2) is 42.8 Å². The summed E-state index contributed by atoms with van der Waals surface area (Å²) in [6, 6.07) is 4.09. The maximum Gasteiger partial charge on any atom is 0.405 e. The molecule has 0 heterocycles. The van der Waals surface area contributed by atoms with Crippen LogP contribution >= 0.6 is 0 Å². The molecule has 0 atom stereocenters. The minimum Gasteiger partial charge on any atom is -0.491 e. The minimum absolute atomic E-state index is 0.0384. The molecule has 11 heteroatoms. The summed E-state index contributed by atoms with van der Waals surface area (Å²) in [6.45, 7) is 2.41. The van der Waals surface area contributed by atoms with Crippen LogP contribution < -0.4 is 32.0 Å². The number of allylic oxidation sites excluding steroid dienone is 1. The van der Waals surface area contributed by atoms with E-state index in [-0.39, 0.29) is 35.3 Å². The van der Waals surface area contributed by atoms with Gasteiger partial charge in [-0.05, 0) is 43.9 Å². The third kappa shape index (κ3) is 8.21. The van der Waals surface area contributed by atoms with Crippen molar-refractivity contribution in [3.63, 3.8) is 0 Å². The summed E-state index contributed by atoms with van der Waals surface area (Å²) in [5, 5.41) is 5.58. The molecule has 0 aromatic heterocycles. The predicted molar refractivity (Wildman–Crippen MR) is 110 cm³/mol. The van der Waals surface area contributed by atoms with Crippen molar-refractivity contribution in [2.24, 2.45) is 11.6 Å². The van der Waals surface area contributed by atoms with E-state index >= 15 is 0 Å². The van der Waals surface area contributed by atoms with Gasteiger partial charge in [0.2, 0.25) is 0 Å². The van der Waals surface area contributed by atoms with Crippen molar-refractivity contribution in [3.8, 4) is 5.75 Å². The fraction of sp³-hybridized carbons (Fsp3) is 0.400. The smallest absolute Gasteiger partial charge is 0.405 e. The lowest BCUT2D eigenvalue weighted by Gasteiger charge is -2.20. The molecule has 0 unspecified atom stereocenters. The summed E-state index contributed by atoms with van der Waals surface area (Å²) in [4.78, 5) is 24.1. The second-order valence-electron chi connectivity index (χ2n) is 7.00. The average Bonchev–Trinajstić information content (AvgIpc) is 3.52. The predicted octanol–water partition coefficient (Wildman–Crippen LogP) is 2.08. The van der Waals surface area contributed by atoms with Gasteiger partial charge >= 0.3 is 6.18 Å². The van der Waals surface area contributed by atoms with Crippen molar-refractivity contribution in [1.82, 2.24) is 10.6 Å². The van der Waals surface area contributed by atoms with Crippen molar-refractivity contribution in [2.45, 2.75) is 37.9 Å². The first kappa shape index (κ1) is 24.1. The molecular formula is C20H26F3N5O3. The summed E-state index contributed by atoms with van der Waals surface area (Å²) < 4.78 is 42.8. The van der Waals surface area contributed by atoms with Crippen molar-refractivity contribution >= 4 is 17.5 Å². The highest BCUT2D eigenvalue weighted by Gasteiger charge is 2.28. The highest BCUT2D eigenvalue weighted by Crippen LogP contribution is 2.29. The summed E-state index contributed by atoms with van der Waals surface area (Å²) in [5.41, 5.74) is 5.89. The van der Waals surface area contributed by atoms with E-state index in [1.54, 1.807) is 11.4 Å². The van der Waals surface area contributed by atoms with Gasteiger partial charge in [-0.25, -0.2) is 5.84 Å². The molecule has 2 rings (SSSR count). The van der Waals surface area contributed by atoms with Crippen molar-refractivity contribution in [3.05, 3.63) is 48.3 Å². The molecule has 1 aliphatic rings. The number of anilines is 1. The van der Waals surface area contributed by atoms with E-state index in [4.69, 9.17) is 16.3 Å². The van der Waals surface area contributed by atoms with Gasteiger partial charge in [-0.15, -0.1) is 6.58 Å². The molecule has 31 heavy (non-hydrogen) atoms. The second kappa shape index (κ2) is 10.7. The Morgan fingerprint density at radius 1 is 1.32 bits per heavy atom. The van der Waals surface area contributed by atoms with E-state index in [2.05, 4.69) is 11.9 Å². The van der Waals surface area contributed by atoms with Crippen LogP contribution in [0.25, 0.3) is 0 Å². The normalized spacial score (nSPS) is 14.0. The molecule has 1 aromatic rings. The molecule has 1 aliphatic carbocycles. The number of carbonyl (C=O) groups excluding carboxylic acids is 2. The lowest BCUT2D eigenvalue weighted by atomic mass is 10.1. The Morgan fingerprint density at radius 3 is 2.65 bits per heavy atom. The molecule has 1 fully saturated rings. The molecule has 0 spiro atoms. The number of nitrogens with two attached hydrogens (primary N) is 2. The van der Waals surface area contributed by atoms with E-state index in [0.29, 0.717) is 12.8 Å². The first-order chi connectivity index (χ1) is 14.6. The number of nitrogens with zero attached hydrogens (tertiary/aromatic N) is 1. The lowest BCUT2D eigenvalue weighted by Crippen LogP contribution is -2.34. The van der Waals surface area contributed by atoms with Crippen LogP contribution in [0.4, 0.5) is 18.9 Å². The molecule has 2 amide bonds. The summed E-state index contributed by atoms with van der Waals surface area (Å²) in [5.74, 6) is 4.78. The van der Waals surface area contributed by atoms with E-state index in [1.165, 1.54) is 24.4 Å². The van der Waals surface area contributed by atoms with E-state index in [0.717, 1.165) is 17.9 Å². The molecular weight excluding hydrogens is 415 g/mol. The number of nitrogens with one attached hydrogen (secondary N) is 2. The number of hydrogen-bond donors (Lipinski definition) is 4. The monoisotopic (exact) mass is 441 g/mol. The van der Waals surface area contributed by atoms with Crippen LogP contribution in [0.2, 0.25) is 0 Å². The van der Waals surface area contributed by atoms with E-state index < -0.39 is 24.5 Å². The van der Waals surface area contributed by atoms with Crippen LogP contribution in [0.1, 0.15) is 36.0 Å². The molecule has 1 aromatic carbocycles. The fourth-order valence-electron chi connectivity index (χ4n) is 2.45. The Hall–Kier alpha value is -3.21. The maximum absolute atomic E-state index is 12.4. The van der Waals surface area contributed by atoms with Crippen LogP contribution in [0.3, 0.4) is 0 Å². The van der Waals surface area contributed by atoms with Crippen molar-refractivity contribution < 1.29 is 27.5 Å².